The lowest BCUT2D eigenvalue weighted by molar-refractivity contribution is 0.325. The fourth-order valence-corrected chi connectivity index (χ4v) is 0.836. The van der Waals surface area contributed by atoms with E-state index in [1.165, 1.54) is 6.33 Å². The Morgan fingerprint density at radius 2 is 2.42 bits per heavy atom. The number of hydrogen-bond acceptors (Lipinski definition) is 4. The van der Waals surface area contributed by atoms with Gasteiger partial charge in [0.15, 0.2) is 0 Å². The molecule has 4 nitrogen and oxygen atoms in total. The molecule has 0 aliphatic heterocycles. The Kier molecular flexibility index (Phi) is 2.74. The first-order valence-electron chi connectivity index (χ1n) is 3.74. The Morgan fingerprint density at radius 1 is 1.67 bits per heavy atom. The monoisotopic (exact) mass is 165 g/mol. The summed E-state index contributed by atoms with van der Waals surface area (Å²) in [4.78, 5) is 7.77. The predicted octanol–water partition coefficient (Wildman–Crippen LogP) is 1.15. The quantitative estimate of drug-likeness (QED) is 0.528. The Balaban J connectivity index is 2.87. The molecule has 1 aromatic rings. The second kappa shape index (κ2) is 3.80. The lowest BCUT2D eigenvalue weighted by Crippen LogP contribution is -2.08. The van der Waals surface area contributed by atoms with Gasteiger partial charge >= 0.3 is 0 Å². The predicted molar refractivity (Wildman–Crippen MR) is 45.2 cm³/mol. The molecule has 0 saturated heterocycles. The molecule has 1 rings (SSSR count). The van der Waals surface area contributed by atoms with Crippen LogP contribution < -0.4 is 0 Å². The Hall–Kier alpha value is -1.45. The number of hydrogen-bond donors (Lipinski definition) is 1. The van der Waals surface area contributed by atoms with Crippen molar-refractivity contribution in [3.05, 3.63) is 23.8 Å². The molecule has 0 saturated carbocycles. The van der Waals surface area contributed by atoms with Crippen molar-refractivity contribution in [2.75, 3.05) is 6.61 Å². The molecule has 0 aromatic carbocycles. The van der Waals surface area contributed by atoms with Crippen LogP contribution in [0.25, 0.3) is 0 Å². The molecular formula is C8H11N3O. The van der Waals surface area contributed by atoms with E-state index in [0.717, 1.165) is 5.69 Å². The Morgan fingerprint density at radius 3 is 3.00 bits per heavy atom. The molecule has 1 heterocycles. The first-order valence-corrected chi connectivity index (χ1v) is 3.74. The summed E-state index contributed by atoms with van der Waals surface area (Å²) in [5, 5.41) is 7.47. The molecule has 1 aromatic heterocycles. The first kappa shape index (κ1) is 8.64. The van der Waals surface area contributed by atoms with Crippen molar-refractivity contribution in [1.82, 2.24) is 9.97 Å². The highest BCUT2D eigenvalue weighted by Gasteiger charge is 2.05. The molecule has 0 amide bonds. The van der Waals surface area contributed by atoms with E-state index in [2.05, 4.69) is 9.97 Å². The molecule has 0 fully saturated rings. The molecule has 0 spiro atoms. The number of rotatable bonds is 2. The number of ether oxygens (including phenoxy) is 1. The highest BCUT2D eigenvalue weighted by Crippen LogP contribution is 2.02. The highest BCUT2D eigenvalue weighted by atomic mass is 16.5. The SMILES string of the molecule is CCOC(=N)c1cncnc1C. The van der Waals surface area contributed by atoms with E-state index in [-0.39, 0.29) is 5.90 Å². The Bertz CT molecular complexity index is 285. The Labute approximate surface area is 71.1 Å². The molecule has 0 radical (unpaired) electrons. The van der Waals surface area contributed by atoms with E-state index in [1.807, 2.05) is 13.8 Å². The summed E-state index contributed by atoms with van der Waals surface area (Å²) < 4.78 is 5.01. The summed E-state index contributed by atoms with van der Waals surface area (Å²) in [6.45, 7) is 4.16. The maximum atomic E-state index is 7.47. The third-order valence-corrected chi connectivity index (χ3v) is 1.44. The highest BCUT2D eigenvalue weighted by molar-refractivity contribution is 5.92. The summed E-state index contributed by atoms with van der Waals surface area (Å²) >= 11 is 0. The molecule has 1 N–H and O–H groups in total. The molecule has 0 bridgehead atoms. The zero-order chi connectivity index (χ0) is 8.97. The minimum absolute atomic E-state index is 0.135. The number of nitrogens with one attached hydrogen (secondary N) is 1. The first-order chi connectivity index (χ1) is 5.75. The number of aryl methyl sites for hydroxylation is 1. The summed E-state index contributed by atoms with van der Waals surface area (Å²) in [5.74, 6) is 0.135. The van der Waals surface area contributed by atoms with Crippen LogP contribution in [0.4, 0.5) is 0 Å². The smallest absolute Gasteiger partial charge is 0.216 e. The van der Waals surface area contributed by atoms with Crippen LogP contribution in [-0.4, -0.2) is 22.5 Å². The van der Waals surface area contributed by atoms with Gasteiger partial charge in [0.1, 0.15) is 6.33 Å². The van der Waals surface area contributed by atoms with Gasteiger partial charge in [-0.05, 0) is 13.8 Å². The average Bonchev–Trinajstić information content (AvgIpc) is 2.05. The molecule has 12 heavy (non-hydrogen) atoms. The molecule has 0 aliphatic rings. The topological polar surface area (TPSA) is 58.9 Å². The second-order valence-electron chi connectivity index (χ2n) is 2.28. The van der Waals surface area contributed by atoms with Crippen LogP contribution in [0, 0.1) is 12.3 Å². The number of aromatic nitrogens is 2. The van der Waals surface area contributed by atoms with Crippen LogP contribution >= 0.6 is 0 Å². The second-order valence-corrected chi connectivity index (χ2v) is 2.28. The van der Waals surface area contributed by atoms with Crippen molar-refractivity contribution in [3.8, 4) is 0 Å². The van der Waals surface area contributed by atoms with Crippen LogP contribution in [0.3, 0.4) is 0 Å². The third kappa shape index (κ3) is 1.78. The minimum Gasteiger partial charge on any atom is -0.478 e. The van der Waals surface area contributed by atoms with Crippen molar-refractivity contribution in [2.45, 2.75) is 13.8 Å². The van der Waals surface area contributed by atoms with Crippen molar-refractivity contribution in [3.63, 3.8) is 0 Å². The van der Waals surface area contributed by atoms with E-state index >= 15 is 0 Å². The maximum Gasteiger partial charge on any atom is 0.216 e. The molecule has 4 heteroatoms. The largest absolute Gasteiger partial charge is 0.478 e. The summed E-state index contributed by atoms with van der Waals surface area (Å²) in [5.41, 5.74) is 1.42. The van der Waals surface area contributed by atoms with Crippen molar-refractivity contribution >= 4 is 5.90 Å². The lowest BCUT2D eigenvalue weighted by Gasteiger charge is -2.05. The van der Waals surface area contributed by atoms with Gasteiger partial charge in [-0.3, -0.25) is 5.41 Å². The van der Waals surface area contributed by atoms with Crippen LogP contribution in [0.1, 0.15) is 18.2 Å². The fourth-order valence-electron chi connectivity index (χ4n) is 0.836. The van der Waals surface area contributed by atoms with Gasteiger partial charge < -0.3 is 4.74 Å². The van der Waals surface area contributed by atoms with E-state index in [9.17, 15) is 0 Å². The van der Waals surface area contributed by atoms with Gasteiger partial charge in [0.05, 0.1) is 17.9 Å². The third-order valence-electron chi connectivity index (χ3n) is 1.44. The van der Waals surface area contributed by atoms with Crippen LogP contribution in [0.5, 0.6) is 0 Å². The van der Waals surface area contributed by atoms with Crippen molar-refractivity contribution in [2.24, 2.45) is 0 Å². The fraction of sp³-hybridized carbons (Fsp3) is 0.375. The van der Waals surface area contributed by atoms with Gasteiger partial charge in [-0.1, -0.05) is 0 Å². The molecule has 0 atom stereocenters. The van der Waals surface area contributed by atoms with Gasteiger partial charge in [0, 0.05) is 6.20 Å². The van der Waals surface area contributed by atoms with Gasteiger partial charge in [-0.25, -0.2) is 9.97 Å². The average molecular weight is 165 g/mol. The summed E-state index contributed by atoms with van der Waals surface area (Å²) in [6.07, 6.45) is 3.04. The van der Waals surface area contributed by atoms with Gasteiger partial charge in [-0.15, -0.1) is 0 Å². The van der Waals surface area contributed by atoms with Crippen molar-refractivity contribution in [1.29, 1.82) is 5.41 Å². The number of nitrogens with zero attached hydrogens (tertiary/aromatic N) is 2. The van der Waals surface area contributed by atoms with Gasteiger partial charge in [0.2, 0.25) is 5.90 Å². The normalized spacial score (nSPS) is 9.50. The lowest BCUT2D eigenvalue weighted by atomic mass is 10.2. The zero-order valence-corrected chi connectivity index (χ0v) is 7.16. The maximum absolute atomic E-state index is 7.47. The van der Waals surface area contributed by atoms with E-state index in [1.54, 1.807) is 6.20 Å². The standard InChI is InChI=1S/C8H11N3O/c1-3-12-8(9)7-4-10-5-11-6(7)2/h4-5,9H,3H2,1-2H3. The summed E-state index contributed by atoms with van der Waals surface area (Å²) in [6, 6.07) is 0. The van der Waals surface area contributed by atoms with E-state index < -0.39 is 0 Å². The van der Waals surface area contributed by atoms with E-state index in [4.69, 9.17) is 10.1 Å². The molecule has 64 valence electrons. The minimum atomic E-state index is 0.135. The van der Waals surface area contributed by atoms with Crippen molar-refractivity contribution < 1.29 is 4.74 Å². The van der Waals surface area contributed by atoms with Crippen LogP contribution in [0.15, 0.2) is 12.5 Å². The van der Waals surface area contributed by atoms with Crippen LogP contribution in [0.2, 0.25) is 0 Å². The zero-order valence-electron chi connectivity index (χ0n) is 7.16. The van der Waals surface area contributed by atoms with E-state index in [0.29, 0.717) is 12.2 Å². The molecular weight excluding hydrogens is 154 g/mol. The van der Waals surface area contributed by atoms with Gasteiger partial charge in [-0.2, -0.15) is 0 Å². The molecule has 0 aliphatic carbocycles. The van der Waals surface area contributed by atoms with Gasteiger partial charge in [0.25, 0.3) is 0 Å². The molecule has 0 unspecified atom stereocenters. The van der Waals surface area contributed by atoms with Crippen LogP contribution in [-0.2, 0) is 4.74 Å². The summed E-state index contributed by atoms with van der Waals surface area (Å²) in [7, 11) is 0.